The molecule has 1 amide bonds. The molecule has 160 valence electrons. The van der Waals surface area contributed by atoms with Crippen molar-refractivity contribution in [3.8, 4) is 0 Å². The Bertz CT molecular complexity index is 868. The predicted octanol–water partition coefficient (Wildman–Crippen LogP) is 0.971. The first-order chi connectivity index (χ1) is 14.8. The summed E-state index contributed by atoms with van der Waals surface area (Å²) in [5, 5.41) is 12.0. The van der Waals surface area contributed by atoms with Gasteiger partial charge in [0.05, 0.1) is 6.54 Å². The van der Waals surface area contributed by atoms with Crippen LogP contribution in [0.3, 0.4) is 0 Å². The van der Waals surface area contributed by atoms with Crippen LogP contribution in [0.4, 0.5) is 0 Å². The van der Waals surface area contributed by atoms with Crippen LogP contribution < -0.4 is 0 Å². The lowest BCUT2D eigenvalue weighted by atomic mass is 9.87. The van der Waals surface area contributed by atoms with Gasteiger partial charge in [-0.05, 0) is 66.7 Å². The molecule has 3 heterocycles. The number of rotatable bonds is 5. The number of aromatic nitrogens is 4. The van der Waals surface area contributed by atoms with Crippen LogP contribution in [0.1, 0.15) is 36.2 Å². The highest BCUT2D eigenvalue weighted by Gasteiger charge is 2.29. The number of tetrazole rings is 1. The normalized spacial score (nSPS) is 22.9. The molecule has 2 fully saturated rings. The van der Waals surface area contributed by atoms with Crippen LogP contribution in [0.5, 0.6) is 0 Å². The fourth-order valence-corrected chi connectivity index (χ4v) is 5.15. The van der Waals surface area contributed by atoms with E-state index in [1.165, 1.54) is 36.8 Å². The Labute approximate surface area is 177 Å². The summed E-state index contributed by atoms with van der Waals surface area (Å²) in [4.78, 5) is 19.8. The number of amides is 1. The summed E-state index contributed by atoms with van der Waals surface area (Å²) in [7, 11) is 0. The molecule has 1 aromatic carbocycles. The molecule has 2 aliphatic heterocycles. The molecule has 30 heavy (non-hydrogen) atoms. The van der Waals surface area contributed by atoms with Crippen molar-refractivity contribution in [3.05, 3.63) is 41.2 Å². The van der Waals surface area contributed by atoms with Crippen molar-refractivity contribution in [2.45, 2.75) is 51.2 Å². The summed E-state index contributed by atoms with van der Waals surface area (Å²) in [5.74, 6) is 0.920. The molecule has 0 saturated carbocycles. The highest BCUT2D eigenvalue weighted by Crippen LogP contribution is 2.25. The molecule has 1 atom stereocenters. The molecule has 2 aromatic rings. The van der Waals surface area contributed by atoms with Gasteiger partial charge in [-0.25, -0.2) is 4.68 Å². The van der Waals surface area contributed by atoms with Crippen molar-refractivity contribution in [2.75, 3.05) is 39.3 Å². The maximum atomic E-state index is 12.9. The van der Waals surface area contributed by atoms with E-state index in [0.717, 1.165) is 58.1 Å². The Balaban J connectivity index is 1.13. The van der Waals surface area contributed by atoms with Crippen LogP contribution in [0.25, 0.3) is 0 Å². The maximum Gasteiger partial charge on any atom is 0.244 e. The Kier molecular flexibility index (Phi) is 5.77. The third kappa shape index (κ3) is 4.25. The Morgan fingerprint density at radius 2 is 1.77 bits per heavy atom. The van der Waals surface area contributed by atoms with Gasteiger partial charge in [-0.15, -0.1) is 5.10 Å². The minimum Gasteiger partial charge on any atom is -0.339 e. The van der Waals surface area contributed by atoms with Gasteiger partial charge in [-0.1, -0.05) is 24.3 Å². The van der Waals surface area contributed by atoms with Crippen LogP contribution in [0.2, 0.25) is 0 Å². The number of aryl methyl sites for hydroxylation is 1. The van der Waals surface area contributed by atoms with Crippen LogP contribution in [-0.2, 0) is 30.7 Å². The lowest BCUT2D eigenvalue weighted by molar-refractivity contribution is -0.134. The number of benzene rings is 1. The molecule has 2 saturated heterocycles. The molecule has 8 heteroatoms. The Morgan fingerprint density at radius 3 is 2.57 bits per heavy atom. The van der Waals surface area contributed by atoms with E-state index in [0.29, 0.717) is 6.04 Å². The van der Waals surface area contributed by atoms with Crippen LogP contribution in [0.15, 0.2) is 24.3 Å². The third-order valence-corrected chi connectivity index (χ3v) is 6.96. The first kappa shape index (κ1) is 19.6. The van der Waals surface area contributed by atoms with Gasteiger partial charge in [0.1, 0.15) is 6.54 Å². The predicted molar refractivity (Wildman–Crippen MR) is 113 cm³/mol. The number of carbonyl (C=O) groups is 1. The average Bonchev–Trinajstić information content (AvgIpc) is 3.46. The first-order valence-electron chi connectivity index (χ1n) is 11.3. The van der Waals surface area contributed by atoms with E-state index in [2.05, 4.69) is 49.6 Å². The van der Waals surface area contributed by atoms with E-state index in [4.69, 9.17) is 0 Å². The van der Waals surface area contributed by atoms with Gasteiger partial charge in [-0.3, -0.25) is 14.6 Å². The van der Waals surface area contributed by atoms with Crippen molar-refractivity contribution in [3.63, 3.8) is 0 Å². The summed E-state index contributed by atoms with van der Waals surface area (Å²) < 4.78 is 1.69. The summed E-state index contributed by atoms with van der Waals surface area (Å²) in [6.45, 7) is 6.65. The molecule has 0 spiro atoms. The maximum absolute atomic E-state index is 12.9. The molecule has 5 rings (SSSR count). The number of carbonyl (C=O) groups excluding carboxylic acids is 1. The second-order valence-electron chi connectivity index (χ2n) is 8.82. The van der Waals surface area contributed by atoms with Gasteiger partial charge in [0, 0.05) is 32.2 Å². The van der Waals surface area contributed by atoms with E-state index < -0.39 is 0 Å². The van der Waals surface area contributed by atoms with Gasteiger partial charge in [0.15, 0.2) is 5.82 Å². The zero-order valence-corrected chi connectivity index (χ0v) is 17.6. The van der Waals surface area contributed by atoms with Crippen molar-refractivity contribution < 1.29 is 4.79 Å². The second kappa shape index (κ2) is 8.81. The highest BCUT2D eigenvalue weighted by atomic mass is 16.2. The number of nitrogens with zero attached hydrogens (tertiary/aromatic N) is 7. The zero-order chi connectivity index (χ0) is 20.3. The number of fused-ring (bicyclic) bond motifs is 1. The largest absolute Gasteiger partial charge is 0.339 e. The number of likely N-dealkylation sites (tertiary alicyclic amines) is 1. The van der Waals surface area contributed by atoms with E-state index in [9.17, 15) is 4.79 Å². The molecule has 1 aliphatic carbocycles. The van der Waals surface area contributed by atoms with Gasteiger partial charge >= 0.3 is 0 Å². The second-order valence-corrected chi connectivity index (χ2v) is 8.82. The van der Waals surface area contributed by atoms with E-state index in [1.54, 1.807) is 4.68 Å². The topological polar surface area (TPSA) is 70.4 Å². The molecule has 3 aliphatic rings. The van der Waals surface area contributed by atoms with Crippen molar-refractivity contribution in [1.29, 1.82) is 0 Å². The van der Waals surface area contributed by atoms with Crippen molar-refractivity contribution >= 4 is 5.91 Å². The minimum atomic E-state index is 0.124. The number of hydrogen-bond acceptors (Lipinski definition) is 6. The van der Waals surface area contributed by atoms with Crippen LogP contribution in [0, 0.1) is 0 Å². The summed E-state index contributed by atoms with van der Waals surface area (Å²) in [6, 6.07) is 9.43. The zero-order valence-electron chi connectivity index (χ0n) is 17.6. The molecule has 0 unspecified atom stereocenters. The fourth-order valence-electron chi connectivity index (χ4n) is 5.15. The SMILES string of the molecule is O=C(Cn1nnnc1CN1CCCC1)N1CCN([C@@H]2CCc3ccccc3C2)CC1. The monoisotopic (exact) mass is 409 g/mol. The number of piperazine rings is 1. The third-order valence-electron chi connectivity index (χ3n) is 6.96. The smallest absolute Gasteiger partial charge is 0.244 e. The van der Waals surface area contributed by atoms with Crippen LogP contribution >= 0.6 is 0 Å². The summed E-state index contributed by atoms with van der Waals surface area (Å²) in [6.07, 6.45) is 5.98. The fraction of sp³-hybridized carbons (Fsp3) is 0.636. The summed E-state index contributed by atoms with van der Waals surface area (Å²) >= 11 is 0. The molecule has 0 radical (unpaired) electrons. The molecule has 8 nitrogen and oxygen atoms in total. The quantitative estimate of drug-likeness (QED) is 0.733. The molecule has 1 aromatic heterocycles. The lowest BCUT2D eigenvalue weighted by Crippen LogP contribution is -2.53. The van der Waals surface area contributed by atoms with Crippen molar-refractivity contribution in [1.82, 2.24) is 34.9 Å². The highest BCUT2D eigenvalue weighted by molar-refractivity contribution is 5.76. The van der Waals surface area contributed by atoms with E-state index >= 15 is 0 Å². The van der Waals surface area contributed by atoms with Gasteiger partial charge in [0.2, 0.25) is 5.91 Å². The van der Waals surface area contributed by atoms with E-state index in [1.807, 2.05) is 4.90 Å². The minimum absolute atomic E-state index is 0.124. The molecular formula is C22H31N7O. The molecular weight excluding hydrogens is 378 g/mol. The van der Waals surface area contributed by atoms with Crippen molar-refractivity contribution in [2.24, 2.45) is 0 Å². The Hall–Kier alpha value is -2.32. The van der Waals surface area contributed by atoms with Gasteiger partial charge in [0.25, 0.3) is 0 Å². The first-order valence-corrected chi connectivity index (χ1v) is 11.3. The standard InChI is InChI=1S/C22H31N7O/c30-22(17-29-21(23-24-25-29)16-26-9-3-4-10-26)28-13-11-27(12-14-28)20-8-7-18-5-1-2-6-19(18)15-20/h1-2,5-6,20H,3-4,7-17H2/t20-/m1/s1. The van der Waals surface area contributed by atoms with Gasteiger partial charge in [-0.2, -0.15) is 0 Å². The lowest BCUT2D eigenvalue weighted by Gasteiger charge is -2.41. The van der Waals surface area contributed by atoms with E-state index in [-0.39, 0.29) is 12.5 Å². The van der Waals surface area contributed by atoms with Gasteiger partial charge < -0.3 is 4.90 Å². The Morgan fingerprint density at radius 1 is 1.00 bits per heavy atom. The molecule has 0 N–H and O–H groups in total. The average molecular weight is 410 g/mol. The van der Waals surface area contributed by atoms with Crippen LogP contribution in [-0.4, -0.2) is 86.1 Å². The molecule has 0 bridgehead atoms. The number of hydrogen-bond donors (Lipinski definition) is 0. The summed E-state index contributed by atoms with van der Waals surface area (Å²) in [5.41, 5.74) is 3.00.